The molecule has 2 aromatic carbocycles. The smallest absolute Gasteiger partial charge is 0.320 e. The van der Waals surface area contributed by atoms with Gasteiger partial charge in [-0.05, 0) is 24.3 Å². The molecule has 1 aliphatic heterocycles. The van der Waals surface area contributed by atoms with Crippen LogP contribution >= 0.6 is 34.8 Å². The van der Waals surface area contributed by atoms with Crippen LogP contribution in [-0.4, -0.2) is 18.0 Å². The molecular formula is C18H14Cl3N3O2. The van der Waals surface area contributed by atoms with Gasteiger partial charge in [0, 0.05) is 24.5 Å². The van der Waals surface area contributed by atoms with E-state index in [0.717, 1.165) is 11.4 Å². The molecule has 0 N–H and O–H groups in total. The average Bonchev–Trinajstić information content (AvgIpc) is 3.07. The quantitative estimate of drug-likeness (QED) is 0.504. The first-order valence-electron chi connectivity index (χ1n) is 7.75. The minimum Gasteiger partial charge on any atom is -0.320 e. The van der Waals surface area contributed by atoms with Crippen LogP contribution in [0.3, 0.4) is 0 Å². The molecule has 5 nitrogen and oxygen atoms in total. The van der Waals surface area contributed by atoms with Crippen molar-refractivity contribution in [3.05, 3.63) is 91.8 Å². The first-order valence-corrected chi connectivity index (χ1v) is 8.89. The Kier molecular flexibility index (Phi) is 5.71. The van der Waals surface area contributed by atoms with Gasteiger partial charge in [0.2, 0.25) is 0 Å². The lowest BCUT2D eigenvalue weighted by molar-refractivity contribution is -0.421. The summed E-state index contributed by atoms with van der Waals surface area (Å²) in [5.41, 5.74) is 1.29. The van der Waals surface area contributed by atoms with Gasteiger partial charge in [-0.2, -0.15) is 0 Å². The van der Waals surface area contributed by atoms with Crippen molar-refractivity contribution in [2.45, 2.75) is 0 Å². The maximum absolute atomic E-state index is 11.8. The van der Waals surface area contributed by atoms with E-state index >= 15 is 0 Å². The van der Waals surface area contributed by atoms with Crippen LogP contribution in [0, 0.1) is 10.1 Å². The van der Waals surface area contributed by atoms with Gasteiger partial charge in [-0.1, -0.05) is 71.2 Å². The third-order valence-electron chi connectivity index (χ3n) is 3.96. The number of benzene rings is 2. The van der Waals surface area contributed by atoms with Crippen LogP contribution in [0.15, 0.2) is 81.7 Å². The van der Waals surface area contributed by atoms with E-state index in [4.69, 9.17) is 34.8 Å². The number of anilines is 2. The molecule has 3 rings (SSSR count). The third-order valence-corrected chi connectivity index (χ3v) is 4.90. The SMILES string of the molecule is O=[N+]([O-])C(C(Cl)=C(Cl)Cl)=C1N(c2ccccc2)CCN1c1ccccc1. The highest BCUT2D eigenvalue weighted by Gasteiger charge is 2.37. The summed E-state index contributed by atoms with van der Waals surface area (Å²) >= 11 is 17.7. The number of hydrogen-bond acceptors (Lipinski definition) is 4. The van der Waals surface area contributed by atoms with E-state index in [2.05, 4.69) is 0 Å². The number of allylic oxidation sites excluding steroid dienone is 1. The monoisotopic (exact) mass is 409 g/mol. The second kappa shape index (κ2) is 7.99. The van der Waals surface area contributed by atoms with E-state index in [1.165, 1.54) is 0 Å². The molecule has 0 spiro atoms. The summed E-state index contributed by atoms with van der Waals surface area (Å²) in [6.45, 7) is 1.10. The highest BCUT2D eigenvalue weighted by Crippen LogP contribution is 2.37. The first kappa shape index (κ1) is 18.6. The van der Waals surface area contributed by atoms with Crippen molar-refractivity contribution < 1.29 is 4.92 Å². The number of nitrogens with zero attached hydrogens (tertiary/aromatic N) is 3. The van der Waals surface area contributed by atoms with Crippen molar-refractivity contribution in [2.75, 3.05) is 22.9 Å². The molecule has 134 valence electrons. The molecule has 1 aliphatic rings. The van der Waals surface area contributed by atoms with Crippen LogP contribution < -0.4 is 9.80 Å². The van der Waals surface area contributed by atoms with Crippen molar-refractivity contribution >= 4 is 46.2 Å². The molecule has 1 heterocycles. The largest absolute Gasteiger partial charge is 0.331 e. The fraction of sp³-hybridized carbons (Fsp3) is 0.111. The van der Waals surface area contributed by atoms with Crippen molar-refractivity contribution in [1.29, 1.82) is 0 Å². The van der Waals surface area contributed by atoms with Gasteiger partial charge in [-0.25, -0.2) is 0 Å². The molecule has 0 unspecified atom stereocenters. The maximum atomic E-state index is 11.8. The standard InChI is InChI=1S/C18H14Cl3N3O2/c19-15(17(20)21)16(24(25)26)18-22(13-7-3-1-4-8-13)11-12-23(18)14-9-5-2-6-10-14/h1-10H,11-12H2. The summed E-state index contributed by atoms with van der Waals surface area (Å²) in [4.78, 5) is 15.0. The van der Waals surface area contributed by atoms with Gasteiger partial charge in [0.15, 0.2) is 10.9 Å². The van der Waals surface area contributed by atoms with Crippen LogP contribution in [-0.2, 0) is 0 Å². The van der Waals surface area contributed by atoms with Gasteiger partial charge in [0.1, 0.15) is 4.49 Å². The van der Waals surface area contributed by atoms with Crippen molar-refractivity contribution in [3.8, 4) is 0 Å². The molecule has 0 saturated carbocycles. The molecule has 1 fully saturated rings. The van der Waals surface area contributed by atoms with Crippen molar-refractivity contribution in [3.63, 3.8) is 0 Å². The number of halogens is 3. The Labute approximate surface area is 165 Å². The first-order chi connectivity index (χ1) is 12.5. The van der Waals surface area contributed by atoms with E-state index in [-0.39, 0.29) is 15.2 Å². The second-order valence-corrected chi connectivity index (χ2v) is 6.81. The molecule has 0 aliphatic carbocycles. The molecule has 26 heavy (non-hydrogen) atoms. The highest BCUT2D eigenvalue weighted by atomic mass is 35.5. The highest BCUT2D eigenvalue weighted by molar-refractivity contribution is 6.59. The zero-order chi connectivity index (χ0) is 18.7. The molecule has 0 atom stereocenters. The number of nitro groups is 1. The summed E-state index contributed by atoms with van der Waals surface area (Å²) in [7, 11) is 0. The van der Waals surface area contributed by atoms with Crippen LogP contribution in [0.25, 0.3) is 0 Å². The summed E-state index contributed by atoms with van der Waals surface area (Å²) in [5, 5.41) is 11.6. The molecule has 0 radical (unpaired) electrons. The lowest BCUT2D eigenvalue weighted by Gasteiger charge is -2.24. The zero-order valence-corrected chi connectivity index (χ0v) is 15.7. The molecule has 2 aromatic rings. The minimum atomic E-state index is -0.556. The van der Waals surface area contributed by atoms with E-state index in [1.54, 1.807) is 0 Å². The van der Waals surface area contributed by atoms with Crippen LogP contribution in [0.4, 0.5) is 11.4 Å². The summed E-state index contributed by atoms with van der Waals surface area (Å²) < 4.78 is -0.348. The van der Waals surface area contributed by atoms with E-state index in [0.29, 0.717) is 18.9 Å². The Hall–Kier alpha value is -2.21. The molecular weight excluding hydrogens is 397 g/mol. The third kappa shape index (κ3) is 3.65. The topological polar surface area (TPSA) is 49.6 Å². The zero-order valence-electron chi connectivity index (χ0n) is 13.5. The Morgan fingerprint density at radius 3 is 1.62 bits per heavy atom. The summed E-state index contributed by atoms with van der Waals surface area (Å²) in [5.74, 6) is 0.330. The summed E-state index contributed by atoms with van der Waals surface area (Å²) in [6.07, 6.45) is 0. The van der Waals surface area contributed by atoms with E-state index < -0.39 is 4.92 Å². The predicted octanol–water partition coefficient (Wildman–Crippen LogP) is 5.34. The van der Waals surface area contributed by atoms with Gasteiger partial charge < -0.3 is 9.80 Å². The molecule has 1 saturated heterocycles. The fourth-order valence-corrected chi connectivity index (χ4v) is 3.21. The molecule has 8 heteroatoms. The second-order valence-electron chi connectivity index (χ2n) is 5.48. The van der Waals surface area contributed by atoms with Gasteiger partial charge >= 0.3 is 5.70 Å². The Morgan fingerprint density at radius 2 is 1.27 bits per heavy atom. The van der Waals surface area contributed by atoms with Crippen LogP contribution in [0.2, 0.25) is 0 Å². The van der Waals surface area contributed by atoms with Crippen LogP contribution in [0.5, 0.6) is 0 Å². The summed E-state index contributed by atoms with van der Waals surface area (Å²) in [6, 6.07) is 18.8. The van der Waals surface area contributed by atoms with Crippen LogP contribution in [0.1, 0.15) is 0 Å². The van der Waals surface area contributed by atoms with E-state index in [1.807, 2.05) is 70.5 Å². The normalized spacial score (nSPS) is 13.7. The number of para-hydroxylation sites is 2. The maximum Gasteiger partial charge on any atom is 0.331 e. The molecule has 0 amide bonds. The number of rotatable bonds is 4. The Morgan fingerprint density at radius 1 is 0.846 bits per heavy atom. The van der Waals surface area contributed by atoms with Crippen molar-refractivity contribution in [2.24, 2.45) is 0 Å². The molecule has 0 bridgehead atoms. The average molecular weight is 411 g/mol. The van der Waals surface area contributed by atoms with E-state index in [9.17, 15) is 10.1 Å². The Bertz CT molecular complexity index is 816. The van der Waals surface area contributed by atoms with Gasteiger partial charge in [0.25, 0.3) is 0 Å². The van der Waals surface area contributed by atoms with Gasteiger partial charge in [-0.3, -0.25) is 10.1 Å². The Balaban J connectivity index is 2.24. The van der Waals surface area contributed by atoms with Crippen molar-refractivity contribution in [1.82, 2.24) is 0 Å². The predicted molar refractivity (Wildman–Crippen MR) is 106 cm³/mol. The van der Waals surface area contributed by atoms with Gasteiger partial charge in [0.05, 0.1) is 4.92 Å². The minimum absolute atomic E-state index is 0.294. The fourth-order valence-electron chi connectivity index (χ4n) is 2.88. The lowest BCUT2D eigenvalue weighted by Crippen LogP contribution is -2.27. The number of hydrogen-bond donors (Lipinski definition) is 0. The lowest BCUT2D eigenvalue weighted by atomic mass is 10.2. The van der Waals surface area contributed by atoms with Gasteiger partial charge in [-0.15, -0.1) is 0 Å². The molecule has 0 aromatic heterocycles.